The van der Waals surface area contributed by atoms with Crippen LogP contribution in [0.25, 0.3) is 0 Å². The summed E-state index contributed by atoms with van der Waals surface area (Å²) in [5, 5.41) is 0.0190. The first-order valence-corrected chi connectivity index (χ1v) is 14.0. The van der Waals surface area contributed by atoms with Crippen LogP contribution in [0.2, 0.25) is 0 Å². The number of nitrogens with one attached hydrogen (secondary N) is 1. The van der Waals surface area contributed by atoms with Crippen molar-refractivity contribution < 1.29 is 13.2 Å². The van der Waals surface area contributed by atoms with Crippen LogP contribution in [0.3, 0.4) is 0 Å². The van der Waals surface area contributed by atoms with E-state index >= 15 is 0 Å². The van der Waals surface area contributed by atoms with E-state index in [1.807, 2.05) is 6.07 Å². The van der Waals surface area contributed by atoms with Gasteiger partial charge in [0.05, 0.1) is 6.33 Å². The molecule has 2 unspecified atom stereocenters. The van der Waals surface area contributed by atoms with Crippen LogP contribution < -0.4 is 9.46 Å². The molecule has 2 atom stereocenters. The van der Waals surface area contributed by atoms with Gasteiger partial charge in [-0.2, -0.15) is 0 Å². The van der Waals surface area contributed by atoms with Crippen molar-refractivity contribution in [1.29, 1.82) is 0 Å². The van der Waals surface area contributed by atoms with Gasteiger partial charge in [-0.25, -0.2) is 18.1 Å². The van der Waals surface area contributed by atoms with Gasteiger partial charge >= 0.3 is 0 Å². The smallest absolute Gasteiger partial charge is 0.259 e. The van der Waals surface area contributed by atoms with Crippen LogP contribution in [0.1, 0.15) is 41.9 Å². The van der Waals surface area contributed by atoms with Crippen LogP contribution in [0, 0.1) is 0 Å². The number of ether oxygens (including phenoxy) is 1. The first-order chi connectivity index (χ1) is 17.0. The Balaban J connectivity index is 1.29. The number of likely N-dealkylation sites (tertiary alicyclic amines) is 1. The van der Waals surface area contributed by atoms with Gasteiger partial charge in [-0.05, 0) is 74.0 Å². The van der Waals surface area contributed by atoms with Crippen LogP contribution >= 0.6 is 0 Å². The molecule has 2 aliphatic rings. The molecule has 35 heavy (non-hydrogen) atoms. The van der Waals surface area contributed by atoms with Gasteiger partial charge in [0.25, 0.3) is 10.0 Å². The molecule has 1 aliphatic carbocycles. The fourth-order valence-electron chi connectivity index (χ4n) is 5.52. The van der Waals surface area contributed by atoms with Crippen molar-refractivity contribution in [2.45, 2.75) is 49.1 Å². The van der Waals surface area contributed by atoms with Crippen molar-refractivity contribution in [3.63, 3.8) is 0 Å². The predicted octanol–water partition coefficient (Wildman–Crippen LogP) is 3.51. The second kappa shape index (κ2) is 10.5. The Morgan fingerprint density at radius 2 is 1.91 bits per heavy atom. The normalized spacial score (nSPS) is 20.6. The van der Waals surface area contributed by atoms with Crippen LogP contribution in [0.15, 0.2) is 66.1 Å². The number of hydrogen-bond donors (Lipinski definition) is 1. The molecule has 1 aromatic heterocycles. The number of benzene rings is 2. The van der Waals surface area contributed by atoms with E-state index in [2.05, 4.69) is 57.1 Å². The molecule has 1 saturated heterocycles. The van der Waals surface area contributed by atoms with Gasteiger partial charge in [0.15, 0.2) is 5.03 Å². The third kappa shape index (κ3) is 5.60. The quantitative estimate of drug-likeness (QED) is 0.461. The Labute approximate surface area is 208 Å². The molecule has 2 heterocycles. The summed E-state index contributed by atoms with van der Waals surface area (Å²) in [6.07, 6.45) is 8.84. The molecule has 3 aromatic rings. The number of aromatic nitrogens is 2. The molecule has 5 rings (SSSR count). The maximum absolute atomic E-state index is 12.4. The number of rotatable bonds is 9. The number of sulfonamides is 1. The molecule has 1 aliphatic heterocycles. The van der Waals surface area contributed by atoms with Crippen molar-refractivity contribution in [3.8, 4) is 5.75 Å². The topological polar surface area (TPSA) is 76.5 Å². The van der Waals surface area contributed by atoms with E-state index in [1.54, 1.807) is 11.6 Å². The number of nitrogens with zero attached hydrogens (tertiary/aromatic N) is 3. The summed E-state index contributed by atoms with van der Waals surface area (Å²) in [4.78, 5) is 6.61. The summed E-state index contributed by atoms with van der Waals surface area (Å²) in [6.45, 7) is 2.82. The summed E-state index contributed by atoms with van der Waals surface area (Å²) in [5.41, 5.74) is 4.15. The Morgan fingerprint density at radius 1 is 1.11 bits per heavy atom. The lowest BCUT2D eigenvalue weighted by Crippen LogP contribution is -2.41. The van der Waals surface area contributed by atoms with Crippen molar-refractivity contribution in [2.75, 3.05) is 26.2 Å². The molecule has 1 N–H and O–H groups in total. The van der Waals surface area contributed by atoms with Gasteiger partial charge in [0.2, 0.25) is 0 Å². The van der Waals surface area contributed by atoms with Gasteiger partial charge in [-0.1, -0.05) is 36.4 Å². The van der Waals surface area contributed by atoms with Gasteiger partial charge in [-0.3, -0.25) is 4.90 Å². The van der Waals surface area contributed by atoms with E-state index in [-0.39, 0.29) is 18.2 Å². The molecular weight excluding hydrogens is 460 g/mol. The standard InChI is InChI=1S/C27H34N4O3S/c1-30-19-27(28-20-30)35(32,33)29-13-16-34-23-11-9-22-10-12-26(31-14-5-6-15-31)25(24(22)18-23)17-21-7-3-2-4-8-21/h2-4,7-9,11,18-20,25-26,29H,5-6,10,12-17H2,1H3. The van der Waals surface area contributed by atoms with Crippen molar-refractivity contribution in [3.05, 3.63) is 77.7 Å². The van der Waals surface area contributed by atoms with E-state index in [0.717, 1.165) is 18.6 Å². The van der Waals surface area contributed by atoms with Gasteiger partial charge in [-0.15, -0.1) is 0 Å². The van der Waals surface area contributed by atoms with Crippen LogP contribution in [0.5, 0.6) is 5.75 Å². The van der Waals surface area contributed by atoms with E-state index in [4.69, 9.17) is 4.74 Å². The zero-order valence-electron chi connectivity index (χ0n) is 20.3. The fourth-order valence-corrected chi connectivity index (χ4v) is 6.51. The highest BCUT2D eigenvalue weighted by molar-refractivity contribution is 7.89. The zero-order valence-corrected chi connectivity index (χ0v) is 21.1. The zero-order chi connectivity index (χ0) is 24.3. The van der Waals surface area contributed by atoms with Crippen molar-refractivity contribution in [2.24, 2.45) is 7.05 Å². The lowest BCUT2D eigenvalue weighted by molar-refractivity contribution is 0.188. The maximum atomic E-state index is 12.4. The Kier molecular flexibility index (Phi) is 7.22. The third-order valence-corrected chi connectivity index (χ3v) is 8.56. The number of fused-ring (bicyclic) bond motifs is 1. The molecule has 7 nitrogen and oxygen atoms in total. The first kappa shape index (κ1) is 24.0. The molecule has 0 spiro atoms. The van der Waals surface area contributed by atoms with Gasteiger partial charge in [0.1, 0.15) is 12.4 Å². The molecule has 1 fully saturated rings. The summed E-state index contributed by atoms with van der Waals surface area (Å²) >= 11 is 0. The molecule has 8 heteroatoms. The van der Waals surface area contributed by atoms with E-state index in [0.29, 0.717) is 12.0 Å². The molecule has 186 valence electrons. The third-order valence-electron chi connectivity index (χ3n) is 7.22. The molecule has 2 aromatic carbocycles. The van der Waals surface area contributed by atoms with Crippen LogP contribution in [-0.2, 0) is 29.9 Å². The number of aryl methyl sites for hydroxylation is 2. The summed E-state index contributed by atoms with van der Waals surface area (Å²) in [5.74, 6) is 1.21. The molecular formula is C27H34N4O3S. The predicted molar refractivity (Wildman–Crippen MR) is 136 cm³/mol. The van der Waals surface area contributed by atoms with Crippen molar-refractivity contribution >= 4 is 10.0 Å². The van der Waals surface area contributed by atoms with Gasteiger partial charge in [0, 0.05) is 31.7 Å². The average Bonchev–Trinajstić information content (AvgIpc) is 3.55. The fraction of sp³-hybridized carbons (Fsp3) is 0.444. The molecule has 0 amide bonds. The average molecular weight is 495 g/mol. The van der Waals surface area contributed by atoms with Crippen LogP contribution in [-0.4, -0.2) is 55.2 Å². The summed E-state index contributed by atoms with van der Waals surface area (Å²) in [6, 6.07) is 17.7. The minimum absolute atomic E-state index is 0.0190. The molecule has 0 bridgehead atoms. The minimum atomic E-state index is -3.64. The second-order valence-electron chi connectivity index (χ2n) is 9.63. The molecule has 0 radical (unpaired) electrons. The first-order valence-electron chi connectivity index (χ1n) is 12.5. The largest absolute Gasteiger partial charge is 0.492 e. The highest BCUT2D eigenvalue weighted by Crippen LogP contribution is 2.40. The highest BCUT2D eigenvalue weighted by atomic mass is 32.2. The monoisotopic (exact) mass is 494 g/mol. The summed E-state index contributed by atoms with van der Waals surface area (Å²) < 4.78 is 34.9. The SMILES string of the molecule is Cn1cnc(S(=O)(=O)NCCOc2ccc3c(c2)C(Cc2ccccc2)C(N2CCCC2)CC3)c1. The Hall–Kier alpha value is -2.68. The lowest BCUT2D eigenvalue weighted by atomic mass is 9.75. The molecule has 0 saturated carbocycles. The number of imidazole rings is 1. The van der Waals surface area contributed by atoms with Gasteiger partial charge < -0.3 is 9.30 Å². The lowest BCUT2D eigenvalue weighted by Gasteiger charge is -2.39. The van der Waals surface area contributed by atoms with E-state index < -0.39 is 10.0 Å². The van der Waals surface area contributed by atoms with Crippen LogP contribution in [0.4, 0.5) is 0 Å². The summed E-state index contributed by atoms with van der Waals surface area (Å²) in [7, 11) is -1.90. The minimum Gasteiger partial charge on any atom is -0.492 e. The highest BCUT2D eigenvalue weighted by Gasteiger charge is 2.35. The van der Waals surface area contributed by atoms with E-state index in [1.165, 1.54) is 61.6 Å². The Bertz CT molecular complexity index is 1240. The number of hydrogen-bond acceptors (Lipinski definition) is 5. The maximum Gasteiger partial charge on any atom is 0.259 e. The Morgan fingerprint density at radius 3 is 2.66 bits per heavy atom. The second-order valence-corrected chi connectivity index (χ2v) is 11.3. The van der Waals surface area contributed by atoms with E-state index in [9.17, 15) is 8.42 Å². The van der Waals surface area contributed by atoms with Crippen molar-refractivity contribution in [1.82, 2.24) is 19.2 Å².